The second kappa shape index (κ2) is 6.86. The van der Waals surface area contributed by atoms with Crippen LogP contribution in [0.1, 0.15) is 39.0 Å². The summed E-state index contributed by atoms with van der Waals surface area (Å²) < 4.78 is 41.7. The van der Waals surface area contributed by atoms with Crippen molar-refractivity contribution in [3.05, 3.63) is 24.0 Å². The number of rotatable bonds is 5. The minimum absolute atomic E-state index is 0.332. The summed E-state index contributed by atoms with van der Waals surface area (Å²) in [6.45, 7) is -0.803. The van der Waals surface area contributed by atoms with Gasteiger partial charge in [-0.1, -0.05) is 13.3 Å². The Morgan fingerprint density at radius 1 is 1.25 bits per heavy atom. The highest BCUT2D eigenvalue weighted by molar-refractivity contribution is 5.48. The van der Waals surface area contributed by atoms with Crippen molar-refractivity contribution < 1.29 is 17.9 Å². The van der Waals surface area contributed by atoms with Crippen LogP contribution in [0.15, 0.2) is 18.2 Å². The maximum Gasteiger partial charge on any atom is 0.387 e. The fourth-order valence-corrected chi connectivity index (χ4v) is 2.73. The van der Waals surface area contributed by atoms with E-state index in [-0.39, 0.29) is 0 Å². The van der Waals surface area contributed by atoms with E-state index in [0.717, 1.165) is 18.8 Å². The third kappa shape index (κ3) is 4.05. The van der Waals surface area contributed by atoms with Gasteiger partial charge in [0.1, 0.15) is 0 Å². The van der Waals surface area contributed by atoms with Crippen LogP contribution in [0.2, 0.25) is 0 Å². The summed E-state index contributed by atoms with van der Waals surface area (Å²) in [5.41, 5.74) is 0.615. The molecule has 0 heterocycles. The van der Waals surface area contributed by atoms with E-state index in [4.69, 9.17) is 0 Å². The van der Waals surface area contributed by atoms with Gasteiger partial charge in [-0.2, -0.15) is 8.78 Å². The lowest BCUT2D eigenvalue weighted by atomic mass is 9.84. The summed E-state index contributed by atoms with van der Waals surface area (Å²) in [6, 6.07) is 4.36. The van der Waals surface area contributed by atoms with Crippen molar-refractivity contribution in [1.82, 2.24) is 0 Å². The quantitative estimate of drug-likeness (QED) is 0.839. The summed E-state index contributed by atoms with van der Waals surface area (Å²) in [6.07, 6.45) is 5.71. The fraction of sp³-hybridized carbons (Fsp3) is 0.600. The zero-order valence-electron chi connectivity index (χ0n) is 11.5. The standard InChI is InChI=1S/C15H20F3NO/c1-2-10-3-5-11(6-4-10)19-12-7-8-14(13(16)9-12)20-15(17)18/h7-11,15,19H,2-6H2,1H3. The van der Waals surface area contributed by atoms with Gasteiger partial charge in [-0.25, -0.2) is 4.39 Å². The van der Waals surface area contributed by atoms with Crippen molar-refractivity contribution >= 4 is 5.69 Å². The van der Waals surface area contributed by atoms with E-state index >= 15 is 0 Å². The molecule has 0 unspecified atom stereocenters. The van der Waals surface area contributed by atoms with Crippen LogP contribution >= 0.6 is 0 Å². The molecule has 0 amide bonds. The van der Waals surface area contributed by atoms with Gasteiger partial charge in [0, 0.05) is 17.8 Å². The molecule has 112 valence electrons. The van der Waals surface area contributed by atoms with E-state index in [1.807, 2.05) is 0 Å². The average Bonchev–Trinajstić information content (AvgIpc) is 2.42. The highest BCUT2D eigenvalue weighted by Crippen LogP contribution is 2.29. The molecule has 5 heteroatoms. The monoisotopic (exact) mass is 287 g/mol. The minimum Gasteiger partial charge on any atom is -0.432 e. The van der Waals surface area contributed by atoms with Gasteiger partial charge < -0.3 is 10.1 Å². The first kappa shape index (κ1) is 15.0. The lowest BCUT2D eigenvalue weighted by molar-refractivity contribution is -0.0521. The molecule has 1 saturated carbocycles. The Labute approximate surface area is 117 Å². The molecule has 1 aliphatic carbocycles. The first-order valence-corrected chi connectivity index (χ1v) is 7.09. The number of halogens is 3. The molecule has 20 heavy (non-hydrogen) atoms. The predicted molar refractivity (Wildman–Crippen MR) is 72.7 cm³/mol. The lowest BCUT2D eigenvalue weighted by Gasteiger charge is -2.29. The Balaban J connectivity index is 1.92. The van der Waals surface area contributed by atoms with Gasteiger partial charge in [0.05, 0.1) is 0 Å². The van der Waals surface area contributed by atoms with Crippen molar-refractivity contribution in [3.8, 4) is 5.75 Å². The number of hydrogen-bond acceptors (Lipinski definition) is 2. The van der Waals surface area contributed by atoms with Crippen LogP contribution in [0.5, 0.6) is 5.75 Å². The molecule has 1 N–H and O–H groups in total. The van der Waals surface area contributed by atoms with Crippen molar-refractivity contribution in [2.24, 2.45) is 5.92 Å². The van der Waals surface area contributed by atoms with Crippen molar-refractivity contribution in [3.63, 3.8) is 0 Å². The molecule has 0 aliphatic heterocycles. The van der Waals surface area contributed by atoms with E-state index < -0.39 is 18.2 Å². The van der Waals surface area contributed by atoms with E-state index in [2.05, 4.69) is 17.0 Å². The molecule has 0 spiro atoms. The largest absolute Gasteiger partial charge is 0.432 e. The third-order valence-electron chi connectivity index (χ3n) is 3.94. The third-order valence-corrected chi connectivity index (χ3v) is 3.94. The molecule has 1 fully saturated rings. The number of alkyl halides is 2. The van der Waals surface area contributed by atoms with Crippen LogP contribution in [-0.2, 0) is 0 Å². The molecule has 1 aromatic carbocycles. The van der Waals surface area contributed by atoms with Crippen LogP contribution in [0.25, 0.3) is 0 Å². The first-order valence-electron chi connectivity index (χ1n) is 7.09. The Morgan fingerprint density at radius 2 is 1.95 bits per heavy atom. The molecule has 0 aromatic heterocycles. The smallest absolute Gasteiger partial charge is 0.387 e. The second-order valence-corrected chi connectivity index (χ2v) is 5.29. The molecule has 1 aliphatic rings. The minimum atomic E-state index is -3.01. The number of hydrogen-bond donors (Lipinski definition) is 1. The average molecular weight is 287 g/mol. The summed E-state index contributed by atoms with van der Waals surface area (Å²) in [5.74, 6) is -0.385. The fourth-order valence-electron chi connectivity index (χ4n) is 2.73. The van der Waals surface area contributed by atoms with Crippen LogP contribution in [0.4, 0.5) is 18.9 Å². The van der Waals surface area contributed by atoms with Crippen molar-refractivity contribution in [1.29, 1.82) is 0 Å². The number of nitrogens with one attached hydrogen (secondary N) is 1. The van der Waals surface area contributed by atoms with Gasteiger partial charge in [0.25, 0.3) is 0 Å². The van der Waals surface area contributed by atoms with Gasteiger partial charge in [0.15, 0.2) is 11.6 Å². The summed E-state index contributed by atoms with van der Waals surface area (Å²) in [7, 11) is 0. The van der Waals surface area contributed by atoms with Gasteiger partial charge in [-0.05, 0) is 43.7 Å². The van der Waals surface area contributed by atoms with Crippen LogP contribution in [-0.4, -0.2) is 12.7 Å². The maximum atomic E-state index is 13.6. The molecule has 2 rings (SSSR count). The second-order valence-electron chi connectivity index (χ2n) is 5.29. The zero-order valence-corrected chi connectivity index (χ0v) is 11.5. The Morgan fingerprint density at radius 3 is 2.50 bits per heavy atom. The molecule has 2 nitrogen and oxygen atoms in total. The van der Waals surface area contributed by atoms with Crippen LogP contribution in [0.3, 0.4) is 0 Å². The topological polar surface area (TPSA) is 21.3 Å². The summed E-state index contributed by atoms with van der Waals surface area (Å²) in [4.78, 5) is 0. The van der Waals surface area contributed by atoms with Gasteiger partial charge in [-0.3, -0.25) is 0 Å². The van der Waals surface area contributed by atoms with E-state index in [1.165, 1.54) is 31.4 Å². The normalized spacial score (nSPS) is 22.9. The lowest BCUT2D eigenvalue weighted by Crippen LogP contribution is -2.25. The van der Waals surface area contributed by atoms with Gasteiger partial charge in [-0.15, -0.1) is 0 Å². The van der Waals surface area contributed by atoms with Gasteiger partial charge in [0.2, 0.25) is 0 Å². The molecule has 0 atom stereocenters. The summed E-state index contributed by atoms with van der Waals surface area (Å²) >= 11 is 0. The molecule has 0 radical (unpaired) electrons. The van der Waals surface area contributed by atoms with Crippen LogP contribution < -0.4 is 10.1 Å². The highest BCUT2D eigenvalue weighted by Gasteiger charge is 2.20. The van der Waals surface area contributed by atoms with E-state index in [1.54, 1.807) is 6.07 Å². The first-order chi connectivity index (χ1) is 9.58. The predicted octanol–water partition coefficient (Wildman–Crippen LogP) is 4.81. The van der Waals surface area contributed by atoms with Crippen molar-refractivity contribution in [2.45, 2.75) is 51.7 Å². The Hall–Kier alpha value is -1.39. The molecule has 0 bridgehead atoms. The highest BCUT2D eigenvalue weighted by atomic mass is 19.3. The molecule has 0 saturated heterocycles. The molecular weight excluding hydrogens is 267 g/mol. The number of benzene rings is 1. The molecule has 1 aromatic rings. The molecular formula is C15H20F3NO. The number of anilines is 1. The van der Waals surface area contributed by atoms with E-state index in [0.29, 0.717) is 11.7 Å². The van der Waals surface area contributed by atoms with E-state index in [9.17, 15) is 13.2 Å². The number of ether oxygens (including phenoxy) is 1. The summed E-state index contributed by atoms with van der Waals surface area (Å²) in [5, 5.41) is 3.26. The Kier molecular flexibility index (Phi) is 5.15. The van der Waals surface area contributed by atoms with Crippen LogP contribution in [0, 0.1) is 11.7 Å². The zero-order chi connectivity index (χ0) is 14.5. The maximum absolute atomic E-state index is 13.6. The van der Waals surface area contributed by atoms with Gasteiger partial charge >= 0.3 is 6.61 Å². The van der Waals surface area contributed by atoms with Crippen molar-refractivity contribution in [2.75, 3.05) is 5.32 Å². The Bertz CT molecular complexity index is 431. The SMILES string of the molecule is CCC1CCC(Nc2ccc(OC(F)F)c(F)c2)CC1.